The highest BCUT2D eigenvalue weighted by atomic mass is 35.5. The fourth-order valence-corrected chi connectivity index (χ4v) is 1.74. The Morgan fingerprint density at radius 3 is 2.37 bits per heavy atom. The fourth-order valence-electron chi connectivity index (χ4n) is 1.44. The number of rotatable bonds is 3. The molecule has 7 heteroatoms. The minimum atomic E-state index is 0.469. The summed E-state index contributed by atoms with van der Waals surface area (Å²) in [4.78, 5) is 14.8. The van der Waals surface area contributed by atoms with E-state index in [2.05, 4.69) is 20.3 Å². The van der Waals surface area contributed by atoms with Crippen LogP contribution < -0.4 is 10.2 Å². The summed E-state index contributed by atoms with van der Waals surface area (Å²) >= 11 is 11.9. The molecule has 1 N–H and O–H groups in total. The quantitative estimate of drug-likeness (QED) is 0.944. The molecule has 0 bridgehead atoms. The first kappa shape index (κ1) is 13.8. The lowest BCUT2D eigenvalue weighted by Gasteiger charge is -2.12. The molecule has 0 aliphatic carbocycles. The summed E-state index contributed by atoms with van der Waals surface area (Å²) in [5, 5.41) is 3.88. The van der Waals surface area contributed by atoms with Gasteiger partial charge in [0.2, 0.25) is 11.9 Å². The van der Waals surface area contributed by atoms with Crippen molar-refractivity contribution in [3.63, 3.8) is 0 Å². The van der Waals surface area contributed by atoms with Crippen molar-refractivity contribution < 1.29 is 0 Å². The van der Waals surface area contributed by atoms with Crippen molar-refractivity contribution in [2.24, 2.45) is 0 Å². The molecule has 5 nitrogen and oxygen atoms in total. The van der Waals surface area contributed by atoms with Gasteiger partial charge < -0.3 is 10.2 Å². The first-order valence-electron chi connectivity index (χ1n) is 5.58. The third-order valence-corrected chi connectivity index (χ3v) is 3.16. The van der Waals surface area contributed by atoms with Gasteiger partial charge >= 0.3 is 0 Å². The highest BCUT2D eigenvalue weighted by Crippen LogP contribution is 2.27. The molecule has 2 rings (SSSR count). The van der Waals surface area contributed by atoms with Gasteiger partial charge in [0.1, 0.15) is 0 Å². The van der Waals surface area contributed by atoms with E-state index in [0.717, 1.165) is 5.56 Å². The van der Waals surface area contributed by atoms with Crippen molar-refractivity contribution in [2.75, 3.05) is 31.4 Å². The monoisotopic (exact) mass is 297 g/mol. The lowest BCUT2D eigenvalue weighted by molar-refractivity contribution is 0.963. The average Bonchev–Trinajstić information content (AvgIpc) is 2.41. The Hall–Kier alpha value is -1.59. The summed E-state index contributed by atoms with van der Waals surface area (Å²) in [6.45, 7) is 0. The molecule has 0 saturated carbocycles. The Balaban J connectivity index is 2.54. The van der Waals surface area contributed by atoms with Gasteiger partial charge in [-0.05, 0) is 18.2 Å². The Morgan fingerprint density at radius 1 is 1.05 bits per heavy atom. The molecule has 19 heavy (non-hydrogen) atoms. The van der Waals surface area contributed by atoms with Gasteiger partial charge in [-0.3, -0.25) is 0 Å². The van der Waals surface area contributed by atoms with Crippen LogP contribution in [0.2, 0.25) is 10.0 Å². The second kappa shape index (κ2) is 5.59. The number of hydrogen-bond donors (Lipinski definition) is 1. The second-order valence-corrected chi connectivity index (χ2v) is 4.87. The number of benzene rings is 1. The van der Waals surface area contributed by atoms with Gasteiger partial charge in [0.25, 0.3) is 0 Å². The van der Waals surface area contributed by atoms with Gasteiger partial charge in [0, 0.05) is 26.7 Å². The van der Waals surface area contributed by atoms with Crippen LogP contribution in [-0.2, 0) is 0 Å². The zero-order valence-corrected chi connectivity index (χ0v) is 12.3. The van der Waals surface area contributed by atoms with Gasteiger partial charge in [0.05, 0.1) is 10.0 Å². The lowest BCUT2D eigenvalue weighted by Crippen LogP contribution is -2.15. The summed E-state index contributed by atoms with van der Waals surface area (Å²) in [6.07, 6.45) is 0. The standard InChI is InChI=1S/C12H13Cl2N5/c1-15-11-16-10(17-12(18-11)19(2)3)7-4-5-8(13)9(14)6-7/h4-6H,1-3H3,(H,15,16,17,18). The molecule has 0 unspecified atom stereocenters. The molecule has 0 radical (unpaired) electrons. The largest absolute Gasteiger partial charge is 0.357 e. The van der Waals surface area contributed by atoms with Crippen molar-refractivity contribution in [2.45, 2.75) is 0 Å². The molecule has 0 fully saturated rings. The number of nitrogens with zero attached hydrogens (tertiary/aromatic N) is 4. The van der Waals surface area contributed by atoms with E-state index in [1.54, 1.807) is 19.2 Å². The van der Waals surface area contributed by atoms with Gasteiger partial charge in [-0.1, -0.05) is 23.2 Å². The number of nitrogens with one attached hydrogen (secondary N) is 1. The van der Waals surface area contributed by atoms with Gasteiger partial charge in [-0.2, -0.15) is 15.0 Å². The van der Waals surface area contributed by atoms with E-state index in [1.807, 2.05) is 25.1 Å². The average molecular weight is 298 g/mol. The number of hydrogen-bond acceptors (Lipinski definition) is 5. The summed E-state index contributed by atoms with van der Waals surface area (Å²) < 4.78 is 0. The third kappa shape index (κ3) is 3.05. The maximum absolute atomic E-state index is 6.01. The van der Waals surface area contributed by atoms with Crippen molar-refractivity contribution >= 4 is 35.1 Å². The van der Waals surface area contributed by atoms with Gasteiger partial charge in [-0.15, -0.1) is 0 Å². The molecule has 100 valence electrons. The van der Waals surface area contributed by atoms with Crippen molar-refractivity contribution in [1.29, 1.82) is 0 Å². The molecule has 0 aliphatic rings. The van der Waals surface area contributed by atoms with E-state index in [4.69, 9.17) is 23.2 Å². The van der Waals surface area contributed by atoms with Crippen LogP contribution >= 0.6 is 23.2 Å². The number of anilines is 2. The molecule has 0 aliphatic heterocycles. The van der Waals surface area contributed by atoms with Gasteiger partial charge in [-0.25, -0.2) is 0 Å². The molecule has 0 atom stereocenters. The van der Waals surface area contributed by atoms with Crippen LogP contribution in [0.3, 0.4) is 0 Å². The van der Waals surface area contributed by atoms with Crippen LogP contribution in [0.4, 0.5) is 11.9 Å². The van der Waals surface area contributed by atoms with E-state index >= 15 is 0 Å². The number of aromatic nitrogens is 3. The van der Waals surface area contributed by atoms with Crippen LogP contribution in [0.25, 0.3) is 11.4 Å². The van der Waals surface area contributed by atoms with E-state index in [-0.39, 0.29) is 0 Å². The first-order valence-corrected chi connectivity index (χ1v) is 6.33. The van der Waals surface area contributed by atoms with Crippen LogP contribution in [0.1, 0.15) is 0 Å². The lowest BCUT2D eigenvalue weighted by atomic mass is 10.2. The summed E-state index contributed by atoms with van der Waals surface area (Å²) in [5.41, 5.74) is 0.788. The highest BCUT2D eigenvalue weighted by Gasteiger charge is 2.10. The molecule has 2 aromatic rings. The Bertz CT molecular complexity index is 601. The Morgan fingerprint density at radius 2 is 1.79 bits per heavy atom. The van der Waals surface area contributed by atoms with Gasteiger partial charge in [0.15, 0.2) is 5.82 Å². The first-order chi connectivity index (χ1) is 9.01. The zero-order chi connectivity index (χ0) is 14.0. The SMILES string of the molecule is CNc1nc(-c2ccc(Cl)c(Cl)c2)nc(N(C)C)n1. The maximum atomic E-state index is 6.01. The molecular weight excluding hydrogens is 285 g/mol. The molecule has 0 spiro atoms. The summed E-state index contributed by atoms with van der Waals surface area (Å²) in [6, 6.07) is 5.28. The molecule has 1 heterocycles. The van der Waals surface area contributed by atoms with Crippen LogP contribution in [-0.4, -0.2) is 36.1 Å². The van der Waals surface area contributed by atoms with E-state index < -0.39 is 0 Å². The summed E-state index contributed by atoms with van der Waals surface area (Å²) in [7, 11) is 5.49. The van der Waals surface area contributed by atoms with Crippen LogP contribution in [0.5, 0.6) is 0 Å². The predicted molar refractivity (Wildman–Crippen MR) is 79.2 cm³/mol. The predicted octanol–water partition coefficient (Wildman–Crippen LogP) is 2.95. The molecule has 1 aromatic carbocycles. The highest BCUT2D eigenvalue weighted by molar-refractivity contribution is 6.42. The Kier molecular flexibility index (Phi) is 4.07. The van der Waals surface area contributed by atoms with Crippen LogP contribution in [0.15, 0.2) is 18.2 Å². The topological polar surface area (TPSA) is 53.9 Å². The van der Waals surface area contributed by atoms with Crippen molar-refractivity contribution in [3.8, 4) is 11.4 Å². The molecule has 0 amide bonds. The van der Waals surface area contributed by atoms with E-state index in [9.17, 15) is 0 Å². The van der Waals surface area contributed by atoms with Crippen molar-refractivity contribution in [3.05, 3.63) is 28.2 Å². The van der Waals surface area contributed by atoms with Crippen molar-refractivity contribution in [1.82, 2.24) is 15.0 Å². The minimum absolute atomic E-state index is 0.469. The molecular formula is C12H13Cl2N5. The van der Waals surface area contributed by atoms with Crippen LogP contribution in [0, 0.1) is 0 Å². The zero-order valence-electron chi connectivity index (χ0n) is 10.8. The summed E-state index contributed by atoms with van der Waals surface area (Å²) in [5.74, 6) is 1.61. The third-order valence-electron chi connectivity index (χ3n) is 2.43. The van der Waals surface area contributed by atoms with E-state index in [0.29, 0.717) is 27.8 Å². The molecule has 0 saturated heterocycles. The Labute approximate surface area is 121 Å². The number of halogens is 2. The van der Waals surface area contributed by atoms with E-state index in [1.165, 1.54) is 0 Å². The second-order valence-electron chi connectivity index (χ2n) is 4.06. The normalized spacial score (nSPS) is 10.4. The minimum Gasteiger partial charge on any atom is -0.357 e. The fraction of sp³-hybridized carbons (Fsp3) is 0.250. The maximum Gasteiger partial charge on any atom is 0.230 e. The smallest absolute Gasteiger partial charge is 0.230 e. The molecule has 1 aromatic heterocycles.